The van der Waals surface area contributed by atoms with Crippen LogP contribution in [0.3, 0.4) is 0 Å². The molecule has 1 saturated carbocycles. The molecule has 0 radical (unpaired) electrons. The second kappa shape index (κ2) is 5.19. The summed E-state index contributed by atoms with van der Waals surface area (Å²) in [5, 5.41) is 3.33. The number of halogens is 2. The first-order valence-electron chi connectivity index (χ1n) is 5.85. The van der Waals surface area contributed by atoms with Gasteiger partial charge in [0.15, 0.2) is 11.6 Å². The van der Waals surface area contributed by atoms with Crippen LogP contribution >= 0.6 is 11.6 Å². The molecule has 5 heteroatoms. The van der Waals surface area contributed by atoms with E-state index in [2.05, 4.69) is 29.2 Å². The zero-order valence-electron chi connectivity index (χ0n) is 10.1. The highest BCUT2D eigenvalue weighted by Crippen LogP contribution is 2.27. The fraction of sp³-hybridized carbons (Fsp3) is 0.583. The van der Waals surface area contributed by atoms with Gasteiger partial charge in [-0.3, -0.25) is 4.90 Å². The minimum Gasteiger partial charge on any atom is -0.366 e. The summed E-state index contributed by atoms with van der Waals surface area (Å²) in [6.07, 6.45) is 3.99. The van der Waals surface area contributed by atoms with Crippen LogP contribution in [-0.4, -0.2) is 35.6 Å². The van der Waals surface area contributed by atoms with E-state index >= 15 is 0 Å². The molecule has 1 aliphatic carbocycles. The molecule has 1 fully saturated rings. The molecule has 3 nitrogen and oxygen atoms in total. The van der Waals surface area contributed by atoms with Crippen molar-refractivity contribution in [2.45, 2.75) is 31.8 Å². The number of nitrogens with one attached hydrogen (secondary N) is 1. The Labute approximate surface area is 106 Å². The second-order valence-electron chi connectivity index (χ2n) is 4.61. The van der Waals surface area contributed by atoms with Gasteiger partial charge >= 0.3 is 0 Å². The lowest BCUT2D eigenvalue weighted by atomic mass is 10.3. The average Bonchev–Trinajstić information content (AvgIpc) is 3.10. The molecule has 0 spiro atoms. The fourth-order valence-corrected chi connectivity index (χ4v) is 1.92. The van der Waals surface area contributed by atoms with E-state index in [0.717, 1.165) is 0 Å². The van der Waals surface area contributed by atoms with E-state index in [1.165, 1.54) is 25.1 Å². The normalized spacial score (nSPS) is 17.2. The highest BCUT2D eigenvalue weighted by atomic mass is 35.5. The van der Waals surface area contributed by atoms with Crippen molar-refractivity contribution in [2.75, 3.05) is 18.9 Å². The summed E-state index contributed by atoms with van der Waals surface area (Å²) in [5.41, 5.74) is 0. The van der Waals surface area contributed by atoms with Gasteiger partial charge in [-0.05, 0) is 32.9 Å². The summed E-state index contributed by atoms with van der Waals surface area (Å²) in [6.45, 7) is 2.80. The Bertz CT molecular complexity index is 395. The molecule has 1 aromatic rings. The molecule has 1 unspecified atom stereocenters. The minimum absolute atomic E-state index is 0.269. The summed E-state index contributed by atoms with van der Waals surface area (Å²) in [7, 11) is 2.11. The topological polar surface area (TPSA) is 28.2 Å². The van der Waals surface area contributed by atoms with E-state index in [1.54, 1.807) is 0 Å². The van der Waals surface area contributed by atoms with Crippen LogP contribution in [0.4, 0.5) is 10.2 Å². The van der Waals surface area contributed by atoms with Gasteiger partial charge in [-0.2, -0.15) is 0 Å². The van der Waals surface area contributed by atoms with Gasteiger partial charge in [0.05, 0.1) is 5.02 Å². The quantitative estimate of drug-likeness (QED) is 0.879. The van der Waals surface area contributed by atoms with Gasteiger partial charge in [-0.15, -0.1) is 0 Å². The lowest BCUT2D eigenvalue weighted by molar-refractivity contribution is 0.257. The third-order valence-electron chi connectivity index (χ3n) is 3.19. The maximum absolute atomic E-state index is 13.4. The first-order valence-corrected chi connectivity index (χ1v) is 6.22. The van der Waals surface area contributed by atoms with Crippen molar-refractivity contribution < 1.29 is 4.39 Å². The van der Waals surface area contributed by atoms with Crippen LogP contribution in [0.25, 0.3) is 0 Å². The Morgan fingerprint density at radius 2 is 2.35 bits per heavy atom. The molecule has 2 rings (SSSR count). The van der Waals surface area contributed by atoms with Gasteiger partial charge in [0, 0.05) is 24.8 Å². The van der Waals surface area contributed by atoms with E-state index in [0.29, 0.717) is 23.7 Å². The van der Waals surface area contributed by atoms with E-state index in [-0.39, 0.29) is 5.82 Å². The van der Waals surface area contributed by atoms with Crippen molar-refractivity contribution >= 4 is 17.4 Å². The molecule has 1 aromatic heterocycles. The van der Waals surface area contributed by atoms with Crippen LogP contribution in [0.5, 0.6) is 0 Å². The van der Waals surface area contributed by atoms with Gasteiger partial charge in [0.25, 0.3) is 0 Å². The zero-order chi connectivity index (χ0) is 12.4. The number of pyridine rings is 1. The Kier molecular flexibility index (Phi) is 3.84. The second-order valence-corrected chi connectivity index (χ2v) is 5.05. The van der Waals surface area contributed by atoms with Crippen molar-refractivity contribution in [3.8, 4) is 0 Å². The Hall–Kier alpha value is -0.870. The SMILES string of the molecule is CC(CNc1ncc(Cl)cc1F)N(C)C1CC1. The summed E-state index contributed by atoms with van der Waals surface area (Å²) >= 11 is 5.64. The van der Waals surface area contributed by atoms with Crippen LogP contribution in [0.2, 0.25) is 5.02 Å². The number of likely N-dealkylation sites (N-methyl/N-ethyl adjacent to an activating group) is 1. The molecular weight excluding hydrogens is 241 g/mol. The van der Waals surface area contributed by atoms with Gasteiger partial charge in [-0.25, -0.2) is 9.37 Å². The summed E-state index contributed by atoms with van der Waals surface area (Å²) in [6, 6.07) is 2.33. The predicted molar refractivity (Wildman–Crippen MR) is 67.9 cm³/mol. The third-order valence-corrected chi connectivity index (χ3v) is 3.40. The molecule has 0 amide bonds. The van der Waals surface area contributed by atoms with E-state index < -0.39 is 5.82 Å². The highest BCUT2D eigenvalue weighted by Gasteiger charge is 2.28. The van der Waals surface area contributed by atoms with Crippen molar-refractivity contribution in [2.24, 2.45) is 0 Å². The molecule has 1 aliphatic rings. The molecule has 0 aromatic carbocycles. The Balaban J connectivity index is 1.88. The summed E-state index contributed by atoms with van der Waals surface area (Å²) < 4.78 is 13.4. The fourth-order valence-electron chi connectivity index (χ4n) is 1.77. The minimum atomic E-state index is -0.404. The van der Waals surface area contributed by atoms with Crippen LogP contribution in [0.15, 0.2) is 12.3 Å². The van der Waals surface area contributed by atoms with E-state index in [4.69, 9.17) is 11.6 Å². The van der Waals surface area contributed by atoms with E-state index in [1.807, 2.05) is 0 Å². The largest absolute Gasteiger partial charge is 0.366 e. The van der Waals surface area contributed by atoms with Gasteiger partial charge < -0.3 is 5.32 Å². The van der Waals surface area contributed by atoms with Crippen LogP contribution in [-0.2, 0) is 0 Å². The predicted octanol–water partition coefficient (Wildman–Crippen LogP) is 2.77. The van der Waals surface area contributed by atoms with Crippen molar-refractivity contribution in [1.82, 2.24) is 9.88 Å². The van der Waals surface area contributed by atoms with E-state index in [9.17, 15) is 4.39 Å². The molecule has 1 N–H and O–H groups in total. The highest BCUT2D eigenvalue weighted by molar-refractivity contribution is 6.30. The molecule has 1 atom stereocenters. The molecule has 0 aliphatic heterocycles. The lowest BCUT2D eigenvalue weighted by Crippen LogP contribution is -2.36. The lowest BCUT2D eigenvalue weighted by Gasteiger charge is -2.24. The third kappa shape index (κ3) is 3.30. The summed E-state index contributed by atoms with van der Waals surface area (Å²) in [5.74, 6) is -0.135. The maximum atomic E-state index is 13.4. The Morgan fingerprint density at radius 3 is 2.94 bits per heavy atom. The maximum Gasteiger partial charge on any atom is 0.166 e. The number of aromatic nitrogens is 1. The van der Waals surface area contributed by atoms with Gasteiger partial charge in [0.2, 0.25) is 0 Å². The van der Waals surface area contributed by atoms with Crippen LogP contribution in [0.1, 0.15) is 19.8 Å². The number of hydrogen-bond acceptors (Lipinski definition) is 3. The first-order chi connectivity index (χ1) is 8.08. The summed E-state index contributed by atoms with van der Waals surface area (Å²) in [4.78, 5) is 6.25. The number of anilines is 1. The van der Waals surface area contributed by atoms with Crippen molar-refractivity contribution in [3.05, 3.63) is 23.1 Å². The van der Waals surface area contributed by atoms with Crippen molar-refractivity contribution in [1.29, 1.82) is 0 Å². The average molecular weight is 258 g/mol. The molecule has 0 saturated heterocycles. The standard InChI is InChI=1S/C12H17ClFN3/c1-8(17(2)10-3-4-10)6-15-12-11(14)5-9(13)7-16-12/h5,7-8,10H,3-4,6H2,1-2H3,(H,15,16). The van der Waals surface area contributed by atoms with Crippen LogP contribution < -0.4 is 5.32 Å². The first kappa shape index (κ1) is 12.6. The smallest absolute Gasteiger partial charge is 0.166 e. The number of rotatable bonds is 5. The number of nitrogens with zero attached hydrogens (tertiary/aromatic N) is 2. The monoisotopic (exact) mass is 257 g/mol. The molecule has 17 heavy (non-hydrogen) atoms. The zero-order valence-corrected chi connectivity index (χ0v) is 10.8. The molecular formula is C12H17ClFN3. The van der Waals surface area contributed by atoms with Crippen molar-refractivity contribution in [3.63, 3.8) is 0 Å². The number of hydrogen-bond donors (Lipinski definition) is 1. The molecule has 94 valence electrons. The van der Waals surface area contributed by atoms with Gasteiger partial charge in [-0.1, -0.05) is 11.6 Å². The van der Waals surface area contributed by atoms with Gasteiger partial charge in [0.1, 0.15) is 0 Å². The molecule has 0 bridgehead atoms. The Morgan fingerprint density at radius 1 is 1.65 bits per heavy atom. The molecule has 1 heterocycles. The van der Waals surface area contributed by atoms with Crippen LogP contribution in [0, 0.1) is 5.82 Å².